The van der Waals surface area contributed by atoms with E-state index in [1.54, 1.807) is 18.2 Å². The Labute approximate surface area is 242 Å². The molecule has 42 heavy (non-hydrogen) atoms. The van der Waals surface area contributed by atoms with E-state index >= 15 is 0 Å². The number of halogens is 7. The number of anilines is 2. The van der Waals surface area contributed by atoms with Crippen LogP contribution in [0.1, 0.15) is 16.9 Å². The molecule has 0 amide bonds. The van der Waals surface area contributed by atoms with Crippen LogP contribution in [0.15, 0.2) is 36.4 Å². The zero-order valence-electron chi connectivity index (χ0n) is 22.9. The molecule has 2 heterocycles. The highest BCUT2D eigenvalue weighted by atomic mass is 32.1. The van der Waals surface area contributed by atoms with Crippen LogP contribution in [0.3, 0.4) is 0 Å². The van der Waals surface area contributed by atoms with Gasteiger partial charge in [0.15, 0.2) is 5.75 Å². The van der Waals surface area contributed by atoms with Gasteiger partial charge in [-0.3, -0.25) is 0 Å². The van der Waals surface area contributed by atoms with Crippen molar-refractivity contribution in [3.8, 4) is 17.6 Å². The van der Waals surface area contributed by atoms with Gasteiger partial charge in [-0.1, -0.05) is 24.0 Å². The average molecular weight is 636 g/mol. The number of benzene rings is 2. The van der Waals surface area contributed by atoms with E-state index in [2.05, 4.69) is 27.2 Å². The normalized spacial score (nSPS) is 18.4. The first-order chi connectivity index (χ1) is 19.5. The van der Waals surface area contributed by atoms with Gasteiger partial charge in [-0.25, -0.2) is 4.39 Å². The van der Waals surface area contributed by atoms with Crippen LogP contribution in [0.4, 0.5) is 42.1 Å². The van der Waals surface area contributed by atoms with Crippen LogP contribution in [0.2, 0.25) is 0 Å². The number of fused-ring (bicyclic) bond motifs is 1. The fourth-order valence-electron chi connectivity index (χ4n) is 4.65. The molecule has 1 aliphatic rings. The third-order valence-corrected chi connectivity index (χ3v) is 9.38. The number of thiophene rings is 1. The van der Waals surface area contributed by atoms with E-state index in [1.165, 1.54) is 25.5 Å². The molecular formula is C28H29F7N3O2PS. The van der Waals surface area contributed by atoms with Crippen molar-refractivity contribution in [2.45, 2.75) is 37.6 Å². The maximum Gasteiger partial charge on any atom is 0.573 e. The van der Waals surface area contributed by atoms with Gasteiger partial charge in [-0.15, -0.1) is 24.5 Å². The van der Waals surface area contributed by atoms with Gasteiger partial charge in [0.05, 0.1) is 40.0 Å². The topological polar surface area (TPSA) is 53.6 Å². The lowest BCUT2D eigenvalue weighted by Crippen LogP contribution is -2.46. The second-order valence-corrected chi connectivity index (χ2v) is 14.7. The van der Waals surface area contributed by atoms with Gasteiger partial charge in [-0.2, -0.15) is 13.2 Å². The summed E-state index contributed by atoms with van der Waals surface area (Å²) in [5, 5.41) is 6.40. The monoisotopic (exact) mass is 635 g/mol. The SMILES string of the molecule is CN1CCC(Nc2cccc3c(CC(F)(F)F)c(C#CCNc4ccc(P(C)(C)=O)cc4OC(F)(F)F)sc23)[C@H](F)C1. The Morgan fingerprint density at radius 3 is 2.50 bits per heavy atom. The summed E-state index contributed by atoms with van der Waals surface area (Å²) in [5.74, 6) is 4.83. The van der Waals surface area contributed by atoms with Crippen molar-refractivity contribution in [1.82, 2.24) is 4.90 Å². The molecule has 2 aromatic carbocycles. The Kier molecular flexibility index (Phi) is 9.40. The Bertz CT molecular complexity index is 1540. The molecule has 5 nitrogen and oxygen atoms in total. The molecule has 0 radical (unpaired) electrons. The Morgan fingerprint density at radius 2 is 1.86 bits per heavy atom. The van der Waals surface area contributed by atoms with E-state index < -0.39 is 44.1 Å². The van der Waals surface area contributed by atoms with Crippen LogP contribution in [0, 0.1) is 11.8 Å². The zero-order valence-corrected chi connectivity index (χ0v) is 24.6. The van der Waals surface area contributed by atoms with Crippen molar-refractivity contribution < 1.29 is 40.0 Å². The molecule has 228 valence electrons. The number of ether oxygens (including phenoxy) is 1. The summed E-state index contributed by atoms with van der Waals surface area (Å²) in [4.78, 5) is 2.02. The highest BCUT2D eigenvalue weighted by Gasteiger charge is 2.34. The summed E-state index contributed by atoms with van der Waals surface area (Å²) >= 11 is 1.04. The molecule has 1 unspecified atom stereocenters. The van der Waals surface area contributed by atoms with Gasteiger partial charge in [0.25, 0.3) is 0 Å². The minimum Gasteiger partial charge on any atom is -0.404 e. The van der Waals surface area contributed by atoms with Crippen molar-refractivity contribution in [1.29, 1.82) is 0 Å². The van der Waals surface area contributed by atoms with E-state index in [1.807, 2.05) is 11.9 Å². The predicted octanol–water partition coefficient (Wildman–Crippen LogP) is 7.07. The van der Waals surface area contributed by atoms with E-state index in [9.17, 15) is 35.3 Å². The molecule has 0 saturated carbocycles. The molecule has 1 aliphatic heterocycles. The number of hydrogen-bond donors (Lipinski definition) is 2. The fourth-order valence-corrected chi connectivity index (χ4v) is 6.68. The van der Waals surface area contributed by atoms with Crippen LogP contribution < -0.4 is 20.7 Å². The smallest absolute Gasteiger partial charge is 0.404 e. The molecule has 1 fully saturated rings. The lowest BCUT2D eigenvalue weighted by molar-refractivity contribution is -0.274. The molecule has 2 atom stereocenters. The number of alkyl halides is 7. The molecule has 14 heteroatoms. The first kappa shape index (κ1) is 32.0. The van der Waals surface area contributed by atoms with Gasteiger partial charge in [-0.05, 0) is 62.0 Å². The Balaban J connectivity index is 1.62. The van der Waals surface area contributed by atoms with Crippen LogP contribution in [-0.2, 0) is 11.0 Å². The summed E-state index contributed by atoms with van der Waals surface area (Å²) in [6, 6.07) is 8.10. The van der Waals surface area contributed by atoms with Crippen LogP contribution in [0.5, 0.6) is 5.75 Å². The maximum atomic E-state index is 14.7. The molecule has 0 aliphatic carbocycles. The first-order valence-corrected chi connectivity index (χ1v) is 16.3. The Morgan fingerprint density at radius 1 is 1.12 bits per heavy atom. The Hall–Kier alpha value is -2.94. The minimum absolute atomic E-state index is 0.0223. The third kappa shape index (κ3) is 8.33. The summed E-state index contributed by atoms with van der Waals surface area (Å²) in [6.07, 6.45) is -11.4. The lowest BCUT2D eigenvalue weighted by atomic mass is 10.0. The van der Waals surface area contributed by atoms with Gasteiger partial charge in [0, 0.05) is 18.4 Å². The fraction of sp³-hybridized carbons (Fsp3) is 0.429. The largest absolute Gasteiger partial charge is 0.573 e. The molecule has 0 spiro atoms. The molecule has 3 aromatic rings. The lowest BCUT2D eigenvalue weighted by Gasteiger charge is -2.33. The molecule has 1 saturated heterocycles. The molecule has 1 aromatic heterocycles. The number of nitrogens with one attached hydrogen (secondary N) is 2. The van der Waals surface area contributed by atoms with E-state index in [4.69, 9.17) is 0 Å². The average Bonchev–Trinajstić information content (AvgIpc) is 3.19. The van der Waals surface area contributed by atoms with E-state index in [0.717, 1.165) is 17.4 Å². The maximum absolute atomic E-state index is 14.7. The third-order valence-electron chi connectivity index (χ3n) is 6.66. The van der Waals surface area contributed by atoms with E-state index in [0.29, 0.717) is 28.7 Å². The standard InChI is InChI=1S/C28H29F7N3O2PS/c1-38-13-11-21(20(29)16-38)37-23-7-4-6-18-19(15-27(30,31)32)25(42-26(18)23)8-5-12-36-22-10-9-17(41(2,3)39)14-24(22)40-28(33,34)35/h4,6-7,9-10,14,20-21,36-37H,11-13,15-16H2,1-3H3/t20-,21?/m1/s1. The summed E-state index contributed by atoms with van der Waals surface area (Å²) in [5.41, 5.74) is 0.421. The zero-order chi connectivity index (χ0) is 30.9. The number of hydrogen-bond acceptors (Lipinski definition) is 6. The number of nitrogens with zero attached hydrogens (tertiary/aromatic N) is 1. The molecule has 4 rings (SSSR count). The van der Waals surface area contributed by atoms with Crippen LogP contribution in [0.25, 0.3) is 10.1 Å². The number of likely N-dealkylation sites (tertiary alicyclic amines) is 1. The second-order valence-electron chi connectivity index (χ2n) is 10.4. The molecular weight excluding hydrogens is 606 g/mol. The van der Waals surface area contributed by atoms with Gasteiger partial charge >= 0.3 is 12.5 Å². The summed E-state index contributed by atoms with van der Waals surface area (Å²) in [6.45, 7) is 3.53. The minimum atomic E-state index is -5.00. The van der Waals surface area contributed by atoms with Crippen molar-refractivity contribution in [2.24, 2.45) is 0 Å². The number of rotatable bonds is 7. The van der Waals surface area contributed by atoms with Crippen molar-refractivity contribution in [3.63, 3.8) is 0 Å². The quantitative estimate of drug-likeness (QED) is 0.165. The molecule has 2 N–H and O–H groups in total. The second kappa shape index (κ2) is 12.3. The van der Waals surface area contributed by atoms with Gasteiger partial charge in [0.2, 0.25) is 0 Å². The predicted molar refractivity (Wildman–Crippen MR) is 154 cm³/mol. The van der Waals surface area contributed by atoms with E-state index in [-0.39, 0.29) is 34.5 Å². The van der Waals surface area contributed by atoms with Crippen LogP contribution >= 0.6 is 18.5 Å². The molecule has 0 bridgehead atoms. The van der Waals surface area contributed by atoms with Crippen molar-refractivity contribution in [3.05, 3.63) is 46.8 Å². The first-order valence-electron chi connectivity index (χ1n) is 12.9. The van der Waals surface area contributed by atoms with Crippen molar-refractivity contribution >= 4 is 45.2 Å². The van der Waals surface area contributed by atoms with Gasteiger partial charge in [0.1, 0.15) is 13.3 Å². The van der Waals surface area contributed by atoms with Crippen LogP contribution in [-0.4, -0.2) is 69.7 Å². The summed E-state index contributed by atoms with van der Waals surface area (Å²) in [7, 11) is -1.06. The van der Waals surface area contributed by atoms with Gasteiger partial charge < -0.3 is 24.8 Å². The summed E-state index contributed by atoms with van der Waals surface area (Å²) < 4.78 is 111. The number of piperidine rings is 1. The van der Waals surface area contributed by atoms with Crippen molar-refractivity contribution in [2.75, 3.05) is 50.6 Å². The highest BCUT2D eigenvalue weighted by Crippen LogP contribution is 2.40. The highest BCUT2D eigenvalue weighted by molar-refractivity contribution is 7.70.